The standard InChI is InChI=1S/C13H21N3O/c1-9(2)4-3-5-16-13(17)10-6-11(14)8-12(15)7-10/h6-9H,3-5,14-15H2,1-2H3,(H,16,17). The van der Waals surface area contributed by atoms with Crippen LogP contribution in [0.3, 0.4) is 0 Å². The van der Waals surface area contributed by atoms with Crippen molar-refractivity contribution in [3.05, 3.63) is 23.8 Å². The fourth-order valence-electron chi connectivity index (χ4n) is 1.62. The third-order valence-corrected chi connectivity index (χ3v) is 2.48. The summed E-state index contributed by atoms with van der Waals surface area (Å²) in [6.07, 6.45) is 2.10. The molecule has 1 aromatic carbocycles. The number of carbonyl (C=O) groups is 1. The highest BCUT2D eigenvalue weighted by Gasteiger charge is 2.06. The van der Waals surface area contributed by atoms with Crippen LogP contribution < -0.4 is 16.8 Å². The topological polar surface area (TPSA) is 81.1 Å². The lowest BCUT2D eigenvalue weighted by atomic mass is 10.1. The first-order valence-corrected chi connectivity index (χ1v) is 5.93. The minimum atomic E-state index is -0.118. The summed E-state index contributed by atoms with van der Waals surface area (Å²) in [5, 5.41) is 2.86. The second kappa shape index (κ2) is 6.13. The molecule has 0 saturated carbocycles. The van der Waals surface area contributed by atoms with Crippen molar-refractivity contribution in [2.75, 3.05) is 18.0 Å². The molecule has 0 saturated heterocycles. The zero-order chi connectivity index (χ0) is 12.8. The van der Waals surface area contributed by atoms with Crippen molar-refractivity contribution in [2.24, 2.45) is 5.92 Å². The second-order valence-electron chi connectivity index (χ2n) is 4.68. The van der Waals surface area contributed by atoms with Gasteiger partial charge in [-0.05, 0) is 37.0 Å². The first-order valence-electron chi connectivity index (χ1n) is 5.93. The van der Waals surface area contributed by atoms with E-state index in [1.165, 1.54) is 0 Å². The predicted molar refractivity (Wildman–Crippen MR) is 71.7 cm³/mol. The third-order valence-electron chi connectivity index (χ3n) is 2.48. The van der Waals surface area contributed by atoms with Gasteiger partial charge in [0.2, 0.25) is 0 Å². The van der Waals surface area contributed by atoms with Crippen molar-refractivity contribution >= 4 is 17.3 Å². The van der Waals surface area contributed by atoms with Crippen LogP contribution in [0.2, 0.25) is 0 Å². The molecule has 0 spiro atoms. The minimum Gasteiger partial charge on any atom is -0.399 e. The van der Waals surface area contributed by atoms with Gasteiger partial charge in [-0.1, -0.05) is 13.8 Å². The third kappa shape index (κ3) is 4.76. The molecule has 1 amide bonds. The van der Waals surface area contributed by atoms with Crippen LogP contribution in [0.15, 0.2) is 18.2 Å². The van der Waals surface area contributed by atoms with E-state index >= 15 is 0 Å². The summed E-state index contributed by atoms with van der Waals surface area (Å²) >= 11 is 0. The number of rotatable bonds is 5. The number of nitrogen functional groups attached to an aromatic ring is 2. The van der Waals surface area contributed by atoms with E-state index < -0.39 is 0 Å². The van der Waals surface area contributed by atoms with Gasteiger partial charge in [-0.25, -0.2) is 0 Å². The Hall–Kier alpha value is -1.71. The number of hydrogen-bond donors (Lipinski definition) is 3. The Bertz CT molecular complexity index is 368. The number of nitrogens with two attached hydrogens (primary N) is 2. The maximum Gasteiger partial charge on any atom is 0.251 e. The Morgan fingerprint density at radius 2 is 1.82 bits per heavy atom. The van der Waals surface area contributed by atoms with Crippen LogP contribution in [-0.4, -0.2) is 12.5 Å². The van der Waals surface area contributed by atoms with Crippen molar-refractivity contribution in [3.8, 4) is 0 Å². The zero-order valence-electron chi connectivity index (χ0n) is 10.5. The molecule has 0 aliphatic carbocycles. The van der Waals surface area contributed by atoms with Crippen molar-refractivity contribution < 1.29 is 4.79 Å². The molecule has 0 aromatic heterocycles. The summed E-state index contributed by atoms with van der Waals surface area (Å²) in [6, 6.07) is 4.90. The molecular formula is C13H21N3O. The Labute approximate surface area is 102 Å². The van der Waals surface area contributed by atoms with Crippen LogP contribution in [0.4, 0.5) is 11.4 Å². The van der Waals surface area contributed by atoms with Crippen molar-refractivity contribution in [2.45, 2.75) is 26.7 Å². The number of carbonyl (C=O) groups excluding carboxylic acids is 1. The highest BCUT2D eigenvalue weighted by atomic mass is 16.1. The summed E-state index contributed by atoms with van der Waals surface area (Å²) in [4.78, 5) is 11.8. The smallest absolute Gasteiger partial charge is 0.251 e. The summed E-state index contributed by atoms with van der Waals surface area (Å²) in [7, 11) is 0. The number of benzene rings is 1. The summed E-state index contributed by atoms with van der Waals surface area (Å²) < 4.78 is 0. The molecule has 0 heterocycles. The van der Waals surface area contributed by atoms with Crippen LogP contribution in [0, 0.1) is 5.92 Å². The quantitative estimate of drug-likeness (QED) is 0.539. The van der Waals surface area contributed by atoms with Gasteiger partial charge in [-0.15, -0.1) is 0 Å². The van der Waals surface area contributed by atoms with E-state index in [-0.39, 0.29) is 5.91 Å². The van der Waals surface area contributed by atoms with Gasteiger partial charge in [-0.3, -0.25) is 4.79 Å². The molecule has 4 heteroatoms. The van der Waals surface area contributed by atoms with Gasteiger partial charge in [0.05, 0.1) is 0 Å². The van der Waals surface area contributed by atoms with Gasteiger partial charge in [0, 0.05) is 23.5 Å². The molecule has 1 aromatic rings. The van der Waals surface area contributed by atoms with E-state index in [1.807, 2.05) is 0 Å². The summed E-state index contributed by atoms with van der Waals surface area (Å²) in [5.74, 6) is 0.544. The Balaban J connectivity index is 2.47. The maximum absolute atomic E-state index is 11.8. The highest BCUT2D eigenvalue weighted by molar-refractivity contribution is 5.96. The van der Waals surface area contributed by atoms with E-state index in [1.54, 1.807) is 18.2 Å². The van der Waals surface area contributed by atoms with E-state index in [0.717, 1.165) is 12.8 Å². The average molecular weight is 235 g/mol. The van der Waals surface area contributed by atoms with E-state index in [2.05, 4.69) is 19.2 Å². The molecule has 1 rings (SSSR count). The lowest BCUT2D eigenvalue weighted by Gasteiger charge is -2.08. The van der Waals surface area contributed by atoms with Crippen LogP contribution in [0.5, 0.6) is 0 Å². The van der Waals surface area contributed by atoms with Gasteiger partial charge in [0.25, 0.3) is 5.91 Å². The zero-order valence-corrected chi connectivity index (χ0v) is 10.5. The number of hydrogen-bond acceptors (Lipinski definition) is 3. The molecule has 5 N–H and O–H groups in total. The summed E-state index contributed by atoms with van der Waals surface area (Å²) in [6.45, 7) is 5.02. The first kappa shape index (κ1) is 13.4. The maximum atomic E-state index is 11.8. The monoisotopic (exact) mass is 235 g/mol. The van der Waals surface area contributed by atoms with Crippen molar-refractivity contribution in [3.63, 3.8) is 0 Å². The molecule has 94 valence electrons. The van der Waals surface area contributed by atoms with Crippen molar-refractivity contribution in [1.82, 2.24) is 5.32 Å². The predicted octanol–water partition coefficient (Wildman–Crippen LogP) is 2.02. The van der Waals surface area contributed by atoms with Gasteiger partial charge in [0.1, 0.15) is 0 Å². The highest BCUT2D eigenvalue weighted by Crippen LogP contribution is 2.13. The Kier molecular flexibility index (Phi) is 4.82. The van der Waals surface area contributed by atoms with Crippen LogP contribution in [0.25, 0.3) is 0 Å². The number of nitrogens with one attached hydrogen (secondary N) is 1. The van der Waals surface area contributed by atoms with E-state index in [4.69, 9.17) is 11.5 Å². The molecule has 0 aliphatic heterocycles. The SMILES string of the molecule is CC(C)CCCNC(=O)c1cc(N)cc(N)c1. The minimum absolute atomic E-state index is 0.118. The van der Waals surface area contributed by atoms with Crippen molar-refractivity contribution in [1.29, 1.82) is 0 Å². The lowest BCUT2D eigenvalue weighted by Crippen LogP contribution is -2.24. The average Bonchev–Trinajstić information content (AvgIpc) is 2.22. The van der Waals surface area contributed by atoms with Gasteiger partial charge in [0.15, 0.2) is 0 Å². The van der Waals surface area contributed by atoms with Gasteiger partial charge < -0.3 is 16.8 Å². The van der Waals surface area contributed by atoms with Crippen LogP contribution in [-0.2, 0) is 0 Å². The Morgan fingerprint density at radius 1 is 1.24 bits per heavy atom. The lowest BCUT2D eigenvalue weighted by molar-refractivity contribution is 0.0952. The normalized spacial score (nSPS) is 10.5. The fraction of sp³-hybridized carbons (Fsp3) is 0.462. The molecule has 0 bridgehead atoms. The van der Waals surface area contributed by atoms with Gasteiger partial charge >= 0.3 is 0 Å². The largest absolute Gasteiger partial charge is 0.399 e. The second-order valence-corrected chi connectivity index (χ2v) is 4.68. The number of amides is 1. The fourth-order valence-corrected chi connectivity index (χ4v) is 1.62. The molecule has 0 atom stereocenters. The van der Waals surface area contributed by atoms with E-state index in [0.29, 0.717) is 29.4 Å². The van der Waals surface area contributed by atoms with E-state index in [9.17, 15) is 4.79 Å². The molecule has 17 heavy (non-hydrogen) atoms. The van der Waals surface area contributed by atoms with Crippen LogP contribution in [0.1, 0.15) is 37.0 Å². The molecule has 0 aliphatic rings. The number of anilines is 2. The van der Waals surface area contributed by atoms with Gasteiger partial charge in [-0.2, -0.15) is 0 Å². The van der Waals surface area contributed by atoms with Crippen LogP contribution >= 0.6 is 0 Å². The molecular weight excluding hydrogens is 214 g/mol. The first-order chi connectivity index (χ1) is 7.99. The molecule has 0 unspecified atom stereocenters. The molecule has 0 fully saturated rings. The Morgan fingerprint density at radius 3 is 2.35 bits per heavy atom. The molecule has 0 radical (unpaired) electrons. The molecule has 4 nitrogen and oxygen atoms in total. The summed E-state index contributed by atoms with van der Waals surface area (Å²) in [5.41, 5.74) is 12.8.